The van der Waals surface area contributed by atoms with Crippen molar-refractivity contribution in [3.8, 4) is 0 Å². The van der Waals surface area contributed by atoms with Crippen LogP contribution in [0.1, 0.15) is 29.9 Å². The zero-order chi connectivity index (χ0) is 20.2. The van der Waals surface area contributed by atoms with Crippen molar-refractivity contribution in [3.05, 3.63) is 41.8 Å². The highest BCUT2D eigenvalue weighted by Gasteiger charge is 2.46. The number of esters is 1. The largest absolute Gasteiger partial charge is 0.465 e. The Hall–Kier alpha value is -2.62. The number of hydrogen-bond acceptors (Lipinski definition) is 5. The first kappa shape index (κ1) is 20.7. The van der Waals surface area contributed by atoms with Crippen LogP contribution >= 0.6 is 0 Å². The topological polar surface area (TPSA) is 82.5 Å². The number of amides is 1. The number of allylic oxidation sites excluding steroid dienone is 2. The highest BCUT2D eigenvalue weighted by atomic mass is 19.4. The minimum absolute atomic E-state index is 0.0908. The third-order valence-corrected chi connectivity index (χ3v) is 3.80. The number of rotatable bonds is 6. The van der Waals surface area contributed by atoms with E-state index >= 15 is 0 Å². The Bertz CT molecular complexity index is 770. The molecule has 0 radical (unpaired) electrons. The van der Waals surface area contributed by atoms with Crippen LogP contribution in [0.4, 0.5) is 13.2 Å². The van der Waals surface area contributed by atoms with Crippen molar-refractivity contribution in [2.45, 2.75) is 25.7 Å². The highest BCUT2D eigenvalue weighted by molar-refractivity contribution is 5.96. The quantitative estimate of drug-likeness (QED) is 0.598. The van der Waals surface area contributed by atoms with Gasteiger partial charge in [0.05, 0.1) is 12.2 Å². The molecule has 27 heavy (non-hydrogen) atoms. The molecule has 1 N–H and O–H groups in total. The van der Waals surface area contributed by atoms with Crippen molar-refractivity contribution < 1.29 is 32.2 Å². The molecule has 0 spiro atoms. The normalized spacial score (nSPS) is 21.9. The van der Waals surface area contributed by atoms with Gasteiger partial charge in [0.1, 0.15) is 5.92 Å². The lowest BCUT2D eigenvalue weighted by atomic mass is 9.90. The minimum atomic E-state index is -4.81. The molecule has 2 atom stereocenters. The summed E-state index contributed by atoms with van der Waals surface area (Å²) in [6, 6.07) is 0. The Kier molecular flexibility index (Phi) is 6.09. The molecule has 148 valence electrons. The summed E-state index contributed by atoms with van der Waals surface area (Å²) < 4.78 is 51.0. The Balaban J connectivity index is 2.41. The summed E-state index contributed by atoms with van der Waals surface area (Å²) >= 11 is 0. The van der Waals surface area contributed by atoms with Crippen LogP contribution in [0.15, 0.2) is 30.5 Å². The van der Waals surface area contributed by atoms with E-state index in [9.17, 15) is 22.8 Å². The van der Waals surface area contributed by atoms with Crippen molar-refractivity contribution in [3.63, 3.8) is 0 Å². The Morgan fingerprint density at radius 1 is 1.30 bits per heavy atom. The average Bonchev–Trinajstić information content (AvgIpc) is 2.98. The number of aryl methyl sites for hydroxylation is 1. The molecule has 1 amide bonds. The van der Waals surface area contributed by atoms with E-state index in [1.165, 1.54) is 25.3 Å². The van der Waals surface area contributed by atoms with Crippen LogP contribution in [0.25, 0.3) is 0 Å². The molecule has 1 aliphatic carbocycles. The number of halogens is 3. The molecule has 7 nitrogen and oxygen atoms in total. The SMILES string of the molecule is CCOC(=O)C1C=CC=CC1(NC(=O)c1cn(C)nc1C(F)(F)F)OCC. The Morgan fingerprint density at radius 2 is 2.00 bits per heavy atom. The molecular weight excluding hydrogens is 367 g/mol. The predicted octanol–water partition coefficient (Wildman–Crippen LogP) is 2.21. The first-order chi connectivity index (χ1) is 12.6. The summed E-state index contributed by atoms with van der Waals surface area (Å²) in [4.78, 5) is 24.9. The number of hydrogen-bond donors (Lipinski definition) is 1. The molecule has 1 aromatic heterocycles. The van der Waals surface area contributed by atoms with Gasteiger partial charge >= 0.3 is 12.1 Å². The highest BCUT2D eigenvalue weighted by Crippen LogP contribution is 2.32. The van der Waals surface area contributed by atoms with Crippen molar-refractivity contribution in [1.82, 2.24) is 15.1 Å². The van der Waals surface area contributed by atoms with Crippen molar-refractivity contribution in [2.75, 3.05) is 13.2 Å². The summed E-state index contributed by atoms with van der Waals surface area (Å²) in [5.74, 6) is -2.80. The van der Waals surface area contributed by atoms with Gasteiger partial charge in [-0.25, -0.2) is 0 Å². The summed E-state index contributed by atoms with van der Waals surface area (Å²) in [6.07, 6.45) is 2.10. The first-order valence-electron chi connectivity index (χ1n) is 8.24. The van der Waals surface area contributed by atoms with E-state index in [4.69, 9.17) is 9.47 Å². The van der Waals surface area contributed by atoms with Crippen LogP contribution in [0.3, 0.4) is 0 Å². The standard InChI is InChI=1S/C17H20F3N3O4/c1-4-26-15(25)12-8-6-7-9-16(12,27-5-2)21-14(24)11-10-23(3)22-13(11)17(18,19)20/h6-10,12H,4-5H2,1-3H3,(H,21,24). The third kappa shape index (κ3) is 4.38. The van der Waals surface area contributed by atoms with Gasteiger partial charge in [0, 0.05) is 19.9 Å². The molecule has 0 fully saturated rings. The van der Waals surface area contributed by atoms with Crippen molar-refractivity contribution in [1.29, 1.82) is 0 Å². The maximum absolute atomic E-state index is 13.2. The third-order valence-electron chi connectivity index (χ3n) is 3.80. The molecular formula is C17H20F3N3O4. The van der Waals surface area contributed by atoms with Crippen LogP contribution in [-0.2, 0) is 27.5 Å². The number of nitrogens with one attached hydrogen (secondary N) is 1. The van der Waals surface area contributed by atoms with Gasteiger partial charge in [-0.3, -0.25) is 14.3 Å². The maximum atomic E-state index is 13.2. The van der Waals surface area contributed by atoms with E-state index in [1.54, 1.807) is 19.9 Å². The maximum Gasteiger partial charge on any atom is 0.435 e. The van der Waals surface area contributed by atoms with Crippen LogP contribution in [-0.4, -0.2) is 40.6 Å². The van der Waals surface area contributed by atoms with Gasteiger partial charge in [-0.2, -0.15) is 18.3 Å². The number of ether oxygens (including phenoxy) is 2. The lowest BCUT2D eigenvalue weighted by Gasteiger charge is -2.37. The molecule has 0 aromatic carbocycles. The zero-order valence-electron chi connectivity index (χ0n) is 15.0. The first-order valence-corrected chi connectivity index (χ1v) is 8.24. The van der Waals surface area contributed by atoms with E-state index < -0.39 is 41.0 Å². The molecule has 0 bridgehead atoms. The van der Waals surface area contributed by atoms with E-state index in [1.807, 2.05) is 0 Å². The number of carbonyl (C=O) groups is 2. The second-order valence-electron chi connectivity index (χ2n) is 5.72. The Morgan fingerprint density at radius 3 is 2.59 bits per heavy atom. The monoisotopic (exact) mass is 387 g/mol. The molecule has 0 aliphatic heterocycles. The lowest BCUT2D eigenvalue weighted by Crippen LogP contribution is -2.57. The summed E-state index contributed by atoms with van der Waals surface area (Å²) in [5.41, 5.74) is -3.67. The van der Waals surface area contributed by atoms with E-state index in [-0.39, 0.29) is 13.2 Å². The number of carbonyl (C=O) groups excluding carboxylic acids is 2. The van der Waals surface area contributed by atoms with Crippen LogP contribution in [0.2, 0.25) is 0 Å². The van der Waals surface area contributed by atoms with Gasteiger partial charge in [-0.05, 0) is 19.9 Å². The van der Waals surface area contributed by atoms with E-state index in [2.05, 4.69) is 10.4 Å². The van der Waals surface area contributed by atoms with Gasteiger partial charge in [-0.15, -0.1) is 0 Å². The molecule has 0 saturated carbocycles. The van der Waals surface area contributed by atoms with E-state index in [0.717, 1.165) is 10.9 Å². The van der Waals surface area contributed by atoms with Crippen LogP contribution in [0, 0.1) is 5.92 Å². The fraction of sp³-hybridized carbons (Fsp3) is 0.471. The number of nitrogens with zero attached hydrogens (tertiary/aromatic N) is 2. The number of aromatic nitrogens is 2. The fourth-order valence-electron chi connectivity index (χ4n) is 2.75. The molecule has 2 unspecified atom stereocenters. The molecule has 0 saturated heterocycles. The predicted molar refractivity (Wildman–Crippen MR) is 88.4 cm³/mol. The van der Waals surface area contributed by atoms with Crippen molar-refractivity contribution in [2.24, 2.45) is 13.0 Å². The van der Waals surface area contributed by atoms with Gasteiger partial charge in [0.2, 0.25) is 0 Å². The molecule has 1 aromatic rings. The molecule has 10 heteroatoms. The summed E-state index contributed by atoms with van der Waals surface area (Å²) in [5, 5.41) is 5.73. The van der Waals surface area contributed by atoms with Crippen LogP contribution < -0.4 is 5.32 Å². The fourth-order valence-corrected chi connectivity index (χ4v) is 2.75. The molecule has 1 heterocycles. The molecule has 1 aliphatic rings. The Labute approximate surface area is 153 Å². The van der Waals surface area contributed by atoms with Gasteiger partial charge in [-0.1, -0.05) is 18.2 Å². The summed E-state index contributed by atoms with van der Waals surface area (Å²) in [6.45, 7) is 3.44. The summed E-state index contributed by atoms with van der Waals surface area (Å²) in [7, 11) is 1.27. The lowest BCUT2D eigenvalue weighted by molar-refractivity contribution is -0.157. The molecule has 2 rings (SSSR count). The smallest absolute Gasteiger partial charge is 0.435 e. The van der Waals surface area contributed by atoms with Crippen LogP contribution in [0.5, 0.6) is 0 Å². The van der Waals surface area contributed by atoms with E-state index in [0.29, 0.717) is 0 Å². The second kappa shape index (κ2) is 7.95. The average molecular weight is 387 g/mol. The minimum Gasteiger partial charge on any atom is -0.465 e. The van der Waals surface area contributed by atoms with Crippen molar-refractivity contribution >= 4 is 11.9 Å². The zero-order valence-corrected chi connectivity index (χ0v) is 15.0. The van der Waals surface area contributed by atoms with Gasteiger partial charge < -0.3 is 14.8 Å². The van der Waals surface area contributed by atoms with Gasteiger partial charge in [0.25, 0.3) is 5.91 Å². The number of alkyl halides is 3. The second-order valence-corrected chi connectivity index (χ2v) is 5.72. The van der Waals surface area contributed by atoms with Gasteiger partial charge in [0.15, 0.2) is 11.4 Å².